The zero-order chi connectivity index (χ0) is 20.0. The van der Waals surface area contributed by atoms with E-state index in [9.17, 15) is 4.79 Å². The summed E-state index contributed by atoms with van der Waals surface area (Å²) in [6.45, 7) is 14.4. The van der Waals surface area contributed by atoms with Gasteiger partial charge in [-0.2, -0.15) is 0 Å². The molecule has 0 bridgehead atoms. The second-order valence-electron chi connectivity index (χ2n) is 8.16. The zero-order valence-corrected chi connectivity index (χ0v) is 17.2. The van der Waals surface area contributed by atoms with E-state index < -0.39 is 17.2 Å². The molecule has 0 spiro atoms. The number of aliphatic imine (C=N–C) groups is 1. The molecule has 148 valence electrons. The van der Waals surface area contributed by atoms with Gasteiger partial charge in [0.25, 0.3) is 0 Å². The van der Waals surface area contributed by atoms with Crippen LogP contribution in [-0.2, 0) is 11.3 Å². The molecule has 0 aliphatic heterocycles. The van der Waals surface area contributed by atoms with Crippen LogP contribution < -0.4 is 16.0 Å². The maximum atomic E-state index is 11.9. The fourth-order valence-electron chi connectivity index (χ4n) is 2.00. The van der Waals surface area contributed by atoms with Crippen LogP contribution >= 0.6 is 0 Å². The zero-order valence-electron chi connectivity index (χ0n) is 17.2. The van der Waals surface area contributed by atoms with Crippen LogP contribution in [0.25, 0.3) is 0 Å². The number of hydrogen-bond donors (Lipinski definition) is 3. The van der Waals surface area contributed by atoms with E-state index in [1.165, 1.54) is 0 Å². The minimum Gasteiger partial charge on any atom is -0.444 e. The average Bonchev–Trinajstić information content (AvgIpc) is 2.93. The van der Waals surface area contributed by atoms with Crippen molar-refractivity contribution >= 4 is 12.1 Å². The van der Waals surface area contributed by atoms with Crippen molar-refractivity contribution in [1.82, 2.24) is 21.1 Å². The second-order valence-corrected chi connectivity index (χ2v) is 8.16. The van der Waals surface area contributed by atoms with Crippen molar-refractivity contribution in [3.05, 3.63) is 17.5 Å². The van der Waals surface area contributed by atoms with Gasteiger partial charge in [-0.1, -0.05) is 19.0 Å². The van der Waals surface area contributed by atoms with Crippen molar-refractivity contribution < 1.29 is 14.1 Å². The Labute approximate surface area is 156 Å². The Morgan fingerprint density at radius 2 is 1.92 bits per heavy atom. The van der Waals surface area contributed by atoms with E-state index in [0.717, 1.165) is 11.5 Å². The predicted molar refractivity (Wildman–Crippen MR) is 102 cm³/mol. The van der Waals surface area contributed by atoms with Gasteiger partial charge in [-0.3, -0.25) is 4.99 Å². The summed E-state index contributed by atoms with van der Waals surface area (Å²) in [6.07, 6.45) is -0.449. The number of hydrogen-bond acceptors (Lipinski definition) is 5. The van der Waals surface area contributed by atoms with Crippen molar-refractivity contribution in [2.24, 2.45) is 4.99 Å². The molecule has 0 fully saturated rings. The summed E-state index contributed by atoms with van der Waals surface area (Å²) in [5.74, 6) is 1.67. The van der Waals surface area contributed by atoms with Crippen LogP contribution in [0, 0.1) is 0 Å². The third-order valence-corrected chi connectivity index (χ3v) is 3.36. The van der Waals surface area contributed by atoms with Crippen LogP contribution in [0.3, 0.4) is 0 Å². The van der Waals surface area contributed by atoms with Gasteiger partial charge in [-0.05, 0) is 40.5 Å². The van der Waals surface area contributed by atoms with Gasteiger partial charge in [0, 0.05) is 19.7 Å². The summed E-state index contributed by atoms with van der Waals surface area (Å²) in [7, 11) is 1.68. The Bertz CT molecular complexity index is 615. The van der Waals surface area contributed by atoms with Crippen molar-refractivity contribution in [2.45, 2.75) is 72.1 Å². The molecule has 8 heteroatoms. The maximum Gasteiger partial charge on any atom is 0.408 e. The van der Waals surface area contributed by atoms with E-state index in [4.69, 9.17) is 9.26 Å². The lowest BCUT2D eigenvalue weighted by Crippen LogP contribution is -2.54. The number of carbonyl (C=O) groups excluding carboxylic acids is 1. The Morgan fingerprint density at radius 3 is 2.42 bits per heavy atom. The first kappa shape index (κ1) is 21.8. The van der Waals surface area contributed by atoms with Gasteiger partial charge >= 0.3 is 6.09 Å². The molecule has 0 aliphatic carbocycles. The highest BCUT2D eigenvalue weighted by Crippen LogP contribution is 2.13. The molecule has 0 unspecified atom stereocenters. The summed E-state index contributed by atoms with van der Waals surface area (Å²) < 4.78 is 10.6. The number of alkyl carbamates (subject to hydrolysis) is 1. The molecule has 26 heavy (non-hydrogen) atoms. The number of guanidine groups is 1. The van der Waals surface area contributed by atoms with Crippen LogP contribution in [0.5, 0.6) is 0 Å². The molecule has 1 heterocycles. The van der Waals surface area contributed by atoms with E-state index in [1.54, 1.807) is 7.05 Å². The van der Waals surface area contributed by atoms with Gasteiger partial charge in [0.1, 0.15) is 5.60 Å². The van der Waals surface area contributed by atoms with Gasteiger partial charge in [0.2, 0.25) is 0 Å². The molecule has 0 aliphatic rings. The van der Waals surface area contributed by atoms with Gasteiger partial charge in [0.15, 0.2) is 11.7 Å². The Morgan fingerprint density at radius 1 is 1.27 bits per heavy atom. The second kappa shape index (κ2) is 8.91. The maximum absolute atomic E-state index is 11.9. The highest BCUT2D eigenvalue weighted by Gasteiger charge is 2.24. The first-order valence-electron chi connectivity index (χ1n) is 8.83. The first-order valence-corrected chi connectivity index (χ1v) is 8.83. The largest absolute Gasteiger partial charge is 0.444 e. The number of ether oxygens (including phenoxy) is 1. The third kappa shape index (κ3) is 8.22. The van der Waals surface area contributed by atoms with E-state index in [-0.39, 0.29) is 0 Å². The Balaban J connectivity index is 2.48. The molecule has 0 radical (unpaired) electrons. The molecule has 1 aromatic rings. The van der Waals surface area contributed by atoms with E-state index in [2.05, 4.69) is 39.9 Å². The number of nitrogens with zero attached hydrogens (tertiary/aromatic N) is 2. The summed E-state index contributed by atoms with van der Waals surface area (Å²) in [5, 5.41) is 13.2. The number of carbonyl (C=O) groups is 1. The summed E-state index contributed by atoms with van der Waals surface area (Å²) >= 11 is 0. The van der Waals surface area contributed by atoms with Crippen LogP contribution in [0.1, 0.15) is 65.8 Å². The molecule has 0 atom stereocenters. The molecule has 8 nitrogen and oxygen atoms in total. The quantitative estimate of drug-likeness (QED) is 0.528. The first-order chi connectivity index (χ1) is 11.9. The number of aromatic nitrogens is 1. The lowest BCUT2D eigenvalue weighted by atomic mass is 10.1. The molecular formula is C18H33N5O3. The van der Waals surface area contributed by atoms with E-state index >= 15 is 0 Å². The highest BCUT2D eigenvalue weighted by atomic mass is 16.6. The average molecular weight is 367 g/mol. The molecule has 0 saturated carbocycles. The number of nitrogens with one attached hydrogen (secondary N) is 3. The molecule has 3 N–H and O–H groups in total. The van der Waals surface area contributed by atoms with E-state index in [0.29, 0.717) is 25.0 Å². The van der Waals surface area contributed by atoms with Gasteiger partial charge in [-0.15, -0.1) is 0 Å². The molecular weight excluding hydrogens is 334 g/mol. The van der Waals surface area contributed by atoms with Crippen LogP contribution in [-0.4, -0.2) is 41.9 Å². The monoisotopic (exact) mass is 367 g/mol. The van der Waals surface area contributed by atoms with Crippen molar-refractivity contribution in [2.75, 3.05) is 13.6 Å². The van der Waals surface area contributed by atoms with Crippen LogP contribution in [0.15, 0.2) is 15.6 Å². The van der Waals surface area contributed by atoms with E-state index in [1.807, 2.05) is 40.7 Å². The summed E-state index contributed by atoms with van der Waals surface area (Å²) in [6, 6.07) is 1.93. The molecule has 1 rings (SSSR count). The smallest absolute Gasteiger partial charge is 0.408 e. The van der Waals surface area contributed by atoms with Crippen LogP contribution in [0.4, 0.5) is 4.79 Å². The van der Waals surface area contributed by atoms with Crippen molar-refractivity contribution in [3.63, 3.8) is 0 Å². The lowest BCUT2D eigenvalue weighted by Gasteiger charge is -2.29. The molecule has 1 aromatic heterocycles. The van der Waals surface area contributed by atoms with Gasteiger partial charge in [0.05, 0.1) is 17.8 Å². The number of amides is 1. The van der Waals surface area contributed by atoms with Gasteiger partial charge < -0.3 is 25.2 Å². The Kier molecular flexibility index (Phi) is 7.47. The minimum atomic E-state index is -0.531. The fourth-order valence-corrected chi connectivity index (χ4v) is 2.00. The normalized spacial score (nSPS) is 12.9. The lowest BCUT2D eigenvalue weighted by molar-refractivity contribution is 0.0474. The van der Waals surface area contributed by atoms with Gasteiger partial charge in [-0.25, -0.2) is 4.79 Å². The summed E-state index contributed by atoms with van der Waals surface area (Å²) in [5.41, 5.74) is -0.124. The standard InChI is InChI=1S/C18H33N5O3/c1-12(2)14-9-13(26-23-14)10-20-15(19-8)21-11-18(6,7)22-16(24)25-17(3,4)5/h9,12H,10-11H2,1-8H3,(H,22,24)(H2,19,20,21). The highest BCUT2D eigenvalue weighted by molar-refractivity contribution is 5.79. The minimum absolute atomic E-state index is 0.324. The molecule has 0 saturated heterocycles. The summed E-state index contributed by atoms with van der Waals surface area (Å²) in [4.78, 5) is 16.1. The number of rotatable bonds is 6. The van der Waals surface area contributed by atoms with Crippen molar-refractivity contribution in [3.8, 4) is 0 Å². The SMILES string of the molecule is CN=C(NCc1cc(C(C)C)no1)NCC(C)(C)NC(=O)OC(C)(C)C. The molecule has 0 aromatic carbocycles. The predicted octanol–water partition coefficient (Wildman–Crippen LogP) is 2.77. The topological polar surface area (TPSA) is 101 Å². The fraction of sp³-hybridized carbons (Fsp3) is 0.722. The van der Waals surface area contributed by atoms with Crippen molar-refractivity contribution in [1.29, 1.82) is 0 Å². The third-order valence-electron chi connectivity index (χ3n) is 3.36. The molecule has 1 amide bonds. The van der Waals surface area contributed by atoms with Crippen LogP contribution in [0.2, 0.25) is 0 Å². The Hall–Kier alpha value is -2.25.